The summed E-state index contributed by atoms with van der Waals surface area (Å²) < 4.78 is 35.5. The van der Waals surface area contributed by atoms with Gasteiger partial charge in [-0.15, -0.1) is 0 Å². The van der Waals surface area contributed by atoms with Gasteiger partial charge in [0.2, 0.25) is 0 Å². The van der Waals surface area contributed by atoms with Crippen molar-refractivity contribution in [2.45, 2.75) is 246 Å². The van der Waals surface area contributed by atoms with E-state index in [0.29, 0.717) is 65.3 Å². The smallest absolute Gasteiger partial charge is 0.305 e. The number of allylic oxidation sites excluding steroid dienone is 8. The van der Waals surface area contributed by atoms with Crippen LogP contribution in [0, 0.1) is 0 Å². The lowest BCUT2D eigenvalue weighted by molar-refractivity contribution is -0.159. The van der Waals surface area contributed by atoms with Gasteiger partial charge in [0.05, 0.1) is 26.1 Å². The number of aliphatic hydroxyl groups is 1. The lowest BCUT2D eigenvalue weighted by Gasteiger charge is -2.22. The second-order valence-corrected chi connectivity index (χ2v) is 18.9. The second-order valence-electron chi connectivity index (χ2n) is 18.9. The average molecular weight is 1010 g/mol. The fourth-order valence-electron chi connectivity index (χ4n) is 7.90. The first kappa shape index (κ1) is 68.6. The Kier molecular flexibility index (Phi) is 56.5. The summed E-state index contributed by atoms with van der Waals surface area (Å²) in [6.45, 7) is 17.5. The van der Waals surface area contributed by atoms with Gasteiger partial charge in [-0.05, 0) is 174 Å². The maximum Gasteiger partial charge on any atom is 0.305 e. The topological polar surface area (TPSA) is 125 Å². The van der Waals surface area contributed by atoms with Gasteiger partial charge in [0.25, 0.3) is 0 Å². The Morgan fingerprint density at radius 1 is 0.408 bits per heavy atom. The predicted molar refractivity (Wildman–Crippen MR) is 297 cm³/mol. The third-order valence-electron chi connectivity index (χ3n) is 12.2. The van der Waals surface area contributed by atoms with Crippen molar-refractivity contribution in [3.8, 4) is 0 Å². The zero-order valence-electron chi connectivity index (χ0n) is 46.5. The molecular weight excluding hydrogens is 893 g/mol. The first-order chi connectivity index (χ1) is 35.0. The molecule has 0 rings (SSSR count). The zero-order chi connectivity index (χ0) is 51.6. The van der Waals surface area contributed by atoms with Gasteiger partial charge >= 0.3 is 11.9 Å². The Bertz CT molecular complexity index is 1100. The zero-order valence-corrected chi connectivity index (χ0v) is 46.5. The van der Waals surface area contributed by atoms with Crippen molar-refractivity contribution < 1.29 is 43.1 Å². The molecule has 0 fully saturated rings. The number of esters is 2. The molecule has 0 unspecified atom stereocenters. The van der Waals surface area contributed by atoms with E-state index in [9.17, 15) is 9.59 Å². The molecule has 0 amide bonds. The number of unbranched alkanes of at least 4 members (excludes halogenated alkanes) is 16. The van der Waals surface area contributed by atoms with Crippen LogP contribution in [-0.4, -0.2) is 113 Å². The van der Waals surface area contributed by atoms with Crippen LogP contribution in [0.15, 0.2) is 48.6 Å². The van der Waals surface area contributed by atoms with Crippen molar-refractivity contribution in [3.63, 3.8) is 0 Å². The number of hydrogen-bond donors (Lipinski definition) is 2. The highest BCUT2D eigenvalue weighted by atomic mass is 16.7. The molecule has 0 aliphatic rings. The van der Waals surface area contributed by atoms with Crippen LogP contribution in [0.25, 0.3) is 0 Å². The summed E-state index contributed by atoms with van der Waals surface area (Å²) in [6, 6.07) is 0. The minimum absolute atomic E-state index is 0.164. The predicted octanol–water partition coefficient (Wildman–Crippen LogP) is 14.5. The molecule has 0 bridgehead atoms. The van der Waals surface area contributed by atoms with Gasteiger partial charge < -0.3 is 43.7 Å². The van der Waals surface area contributed by atoms with Gasteiger partial charge in [0.15, 0.2) is 12.6 Å². The average Bonchev–Trinajstić information content (AvgIpc) is 3.37. The molecule has 0 aromatic carbocycles. The number of aliphatic hydroxyl groups excluding tert-OH is 1. The summed E-state index contributed by atoms with van der Waals surface area (Å²) >= 11 is 0. The third-order valence-corrected chi connectivity index (χ3v) is 12.2. The lowest BCUT2D eigenvalue weighted by Crippen LogP contribution is -2.30. The van der Waals surface area contributed by atoms with Gasteiger partial charge in [0, 0.05) is 45.9 Å². The van der Waals surface area contributed by atoms with E-state index < -0.39 is 0 Å². The first-order valence-corrected chi connectivity index (χ1v) is 29.4. The second kappa shape index (κ2) is 58.5. The van der Waals surface area contributed by atoms with Crippen molar-refractivity contribution >= 4 is 11.9 Å². The standard InChI is InChI=1S/C60H112N2O9/c1-5-9-13-17-25-35-53-68-59(69-54-36-26-18-14-10-6-2)43-41-57(64)66-51-33-29-21-23-31-47-62(49-39-45-61-46-40-50-63)48-32-24-22-30-34-52-67-58(65)42-44-60(70-55-37-27-19-15-11-7-3)71-56-38-28-20-16-12-8-4/h9-16,59-61,63H,5-8,17-56H2,1-4H3/b13-9-,14-10-,15-11-,16-12-. The molecule has 71 heavy (non-hydrogen) atoms. The van der Waals surface area contributed by atoms with Crippen LogP contribution in [0.1, 0.15) is 233 Å². The van der Waals surface area contributed by atoms with Crippen LogP contribution in [-0.2, 0) is 38.0 Å². The molecule has 0 aliphatic heterocycles. The fraction of sp³-hybridized carbons (Fsp3) is 0.833. The maximum absolute atomic E-state index is 12.6. The highest BCUT2D eigenvalue weighted by Crippen LogP contribution is 2.14. The monoisotopic (exact) mass is 1000 g/mol. The summed E-state index contributed by atoms with van der Waals surface area (Å²) in [6.07, 6.45) is 48.4. The molecular formula is C60H112N2O9. The Labute approximate surface area is 437 Å². The van der Waals surface area contributed by atoms with E-state index >= 15 is 0 Å². The number of nitrogens with one attached hydrogen (secondary N) is 1. The third kappa shape index (κ3) is 53.7. The van der Waals surface area contributed by atoms with E-state index in [2.05, 4.69) is 86.5 Å². The van der Waals surface area contributed by atoms with E-state index in [-0.39, 0.29) is 31.1 Å². The Morgan fingerprint density at radius 3 is 1.10 bits per heavy atom. The van der Waals surface area contributed by atoms with Crippen LogP contribution in [0.2, 0.25) is 0 Å². The highest BCUT2D eigenvalue weighted by Gasteiger charge is 2.15. The van der Waals surface area contributed by atoms with Crippen LogP contribution < -0.4 is 5.32 Å². The molecule has 2 N–H and O–H groups in total. The van der Waals surface area contributed by atoms with Crippen molar-refractivity contribution in [1.82, 2.24) is 10.2 Å². The van der Waals surface area contributed by atoms with E-state index in [1.807, 2.05) is 0 Å². The molecule has 11 nitrogen and oxygen atoms in total. The summed E-state index contributed by atoms with van der Waals surface area (Å²) in [7, 11) is 0. The Morgan fingerprint density at radius 2 is 0.732 bits per heavy atom. The number of carbonyl (C=O) groups excluding carboxylic acids is 2. The summed E-state index contributed by atoms with van der Waals surface area (Å²) in [5.41, 5.74) is 0. The van der Waals surface area contributed by atoms with Crippen LogP contribution in [0.4, 0.5) is 0 Å². The molecule has 0 aromatic heterocycles. The largest absolute Gasteiger partial charge is 0.466 e. The number of ether oxygens (including phenoxy) is 6. The molecule has 0 aliphatic carbocycles. The number of carbonyl (C=O) groups is 2. The van der Waals surface area contributed by atoms with Gasteiger partial charge in [-0.3, -0.25) is 9.59 Å². The van der Waals surface area contributed by atoms with Gasteiger partial charge in [-0.2, -0.15) is 0 Å². The lowest BCUT2D eigenvalue weighted by atomic mass is 10.1. The van der Waals surface area contributed by atoms with E-state index in [1.165, 1.54) is 25.7 Å². The summed E-state index contributed by atoms with van der Waals surface area (Å²) in [5.74, 6) is -0.328. The van der Waals surface area contributed by atoms with Crippen molar-refractivity contribution in [3.05, 3.63) is 48.6 Å². The normalized spacial score (nSPS) is 12.2. The van der Waals surface area contributed by atoms with E-state index in [0.717, 1.165) is 187 Å². The molecule has 0 saturated carbocycles. The number of hydrogen-bond acceptors (Lipinski definition) is 11. The quantitative estimate of drug-likeness (QED) is 0.0262. The molecule has 0 saturated heterocycles. The van der Waals surface area contributed by atoms with Gasteiger partial charge in [0.1, 0.15) is 0 Å². The Balaban J connectivity index is 4.47. The minimum atomic E-state index is -0.363. The van der Waals surface area contributed by atoms with Crippen LogP contribution in [0.3, 0.4) is 0 Å². The summed E-state index contributed by atoms with van der Waals surface area (Å²) in [5, 5.41) is 12.6. The first-order valence-electron chi connectivity index (χ1n) is 29.4. The van der Waals surface area contributed by atoms with Crippen LogP contribution >= 0.6 is 0 Å². The molecule has 416 valence electrons. The van der Waals surface area contributed by atoms with Crippen molar-refractivity contribution in [2.24, 2.45) is 0 Å². The highest BCUT2D eigenvalue weighted by molar-refractivity contribution is 5.69. The van der Waals surface area contributed by atoms with E-state index in [4.69, 9.17) is 33.5 Å². The molecule has 0 spiro atoms. The maximum atomic E-state index is 12.6. The van der Waals surface area contributed by atoms with Gasteiger partial charge in [-0.25, -0.2) is 0 Å². The van der Waals surface area contributed by atoms with Gasteiger partial charge in [-0.1, -0.05) is 115 Å². The van der Waals surface area contributed by atoms with Crippen molar-refractivity contribution in [1.29, 1.82) is 0 Å². The molecule has 11 heteroatoms. The fourth-order valence-corrected chi connectivity index (χ4v) is 7.90. The summed E-state index contributed by atoms with van der Waals surface area (Å²) in [4.78, 5) is 27.9. The molecule has 0 atom stereocenters. The molecule has 0 heterocycles. The SMILES string of the molecule is CC/C=C\CCCCOC(CCC(=O)OCCCCCCCN(CCCCCCCOC(=O)CCC(OCCCC/C=C\CC)OCCCC/C=C\CC)CCCNCCCO)OCCCC/C=C\CC. The van der Waals surface area contributed by atoms with E-state index in [1.54, 1.807) is 0 Å². The van der Waals surface area contributed by atoms with Crippen molar-refractivity contribution in [2.75, 3.05) is 79.0 Å². The van der Waals surface area contributed by atoms with Crippen LogP contribution in [0.5, 0.6) is 0 Å². The Hall–Kier alpha value is -2.38. The number of rotatable bonds is 57. The minimum Gasteiger partial charge on any atom is -0.466 e. The molecule has 0 aromatic rings. The molecule has 0 radical (unpaired) electrons. The number of nitrogens with zero attached hydrogens (tertiary/aromatic N) is 1.